The molecular formula is C10H20FeN3O8-3. The van der Waals surface area contributed by atoms with E-state index in [9.17, 15) is 29.4 Å². The van der Waals surface area contributed by atoms with Gasteiger partial charge in [0.15, 0.2) is 13.1 Å². The minimum absolute atomic E-state index is 0. The number of quaternary nitrogens is 1. The molecule has 6 N–H and O–H groups in total. The van der Waals surface area contributed by atoms with E-state index in [1.54, 1.807) is 0 Å². The molecule has 0 spiro atoms. The Kier molecular flexibility index (Phi) is 12.5. The number of carboxylic acid groups (broad SMARTS) is 2. The van der Waals surface area contributed by atoms with Gasteiger partial charge in [0.1, 0.15) is 26.3 Å². The molecule has 0 aromatic carbocycles. The number of cyclic esters (lactones) is 2. The van der Waals surface area contributed by atoms with E-state index in [0.717, 1.165) is 0 Å². The second kappa shape index (κ2) is 10.9. The molecule has 1 heterocycles. The molecule has 1 fully saturated rings. The first-order valence-corrected chi connectivity index (χ1v) is 5.39. The van der Waals surface area contributed by atoms with Gasteiger partial charge in [-0.15, -0.1) is 0 Å². The van der Waals surface area contributed by atoms with Crippen molar-refractivity contribution in [1.29, 1.82) is 0 Å². The maximum absolute atomic E-state index is 11.4. The van der Waals surface area contributed by atoms with Gasteiger partial charge in [0.25, 0.3) is 0 Å². The molecule has 1 rings (SSSR count). The fourth-order valence-electron chi connectivity index (χ4n) is 1.83. The van der Waals surface area contributed by atoms with Crippen LogP contribution in [0.2, 0.25) is 0 Å². The van der Waals surface area contributed by atoms with Crippen molar-refractivity contribution in [2.24, 2.45) is 0 Å². The number of hydrogen-bond donors (Lipinski definition) is 2. The molecular weight excluding hydrogens is 346 g/mol. The normalized spacial score (nSPS) is 16.7. The van der Waals surface area contributed by atoms with E-state index in [2.05, 4.69) is 9.47 Å². The van der Waals surface area contributed by atoms with Crippen LogP contribution in [0.1, 0.15) is 2.85 Å². The zero-order valence-electron chi connectivity index (χ0n) is 13.7. The molecule has 0 saturated carbocycles. The number of esters is 2. The Bertz CT molecular complexity index is 389. The second-order valence-corrected chi connectivity index (χ2v) is 4.16. The SMILES string of the molecule is N.N.O=C([O-])C[N+]1(CC(=O)[O-])CC(=O)OCCOC(=O)C1.[Fe].[H-].[H-]. The van der Waals surface area contributed by atoms with Gasteiger partial charge in [-0.2, -0.15) is 0 Å². The quantitative estimate of drug-likeness (QED) is 0.280. The molecule has 0 amide bonds. The number of carbonyl (C=O) groups excluding carboxylic acids is 4. The summed E-state index contributed by atoms with van der Waals surface area (Å²) < 4.78 is 8.46. The van der Waals surface area contributed by atoms with E-state index in [1.165, 1.54) is 0 Å². The molecule has 11 nitrogen and oxygen atoms in total. The average molecular weight is 366 g/mol. The summed E-state index contributed by atoms with van der Waals surface area (Å²) in [5.41, 5.74) is 0. The Labute approximate surface area is 139 Å². The smallest absolute Gasteiger partial charge is 0.361 e. The average Bonchev–Trinajstić information content (AvgIpc) is 2.26. The van der Waals surface area contributed by atoms with Crippen molar-refractivity contribution >= 4 is 23.9 Å². The standard InChI is InChI=1S/C10H13NO8.Fe.2H3N.2H/c12-7(13)3-11(4-8(14)15)5-9(16)18-1-2-19-10(17)6-11;;;;;/h1-6H2,(H-,12,13,14,15);;2*1H3;;/q;;;;2*-1/p-1. The third kappa shape index (κ3) is 8.54. The Morgan fingerprint density at radius 1 is 0.955 bits per heavy atom. The summed E-state index contributed by atoms with van der Waals surface area (Å²) in [7, 11) is 0. The van der Waals surface area contributed by atoms with E-state index in [1.807, 2.05) is 0 Å². The minimum Gasteiger partial charge on any atom is -1.00 e. The van der Waals surface area contributed by atoms with Crippen LogP contribution in [0.5, 0.6) is 0 Å². The van der Waals surface area contributed by atoms with E-state index < -0.39 is 54.5 Å². The fourth-order valence-corrected chi connectivity index (χ4v) is 1.83. The van der Waals surface area contributed by atoms with E-state index >= 15 is 0 Å². The number of carbonyl (C=O) groups is 4. The summed E-state index contributed by atoms with van der Waals surface area (Å²) in [5, 5.41) is 21.4. The molecule has 0 unspecified atom stereocenters. The zero-order chi connectivity index (χ0) is 14.5. The first kappa shape index (κ1) is 25.2. The molecule has 0 atom stereocenters. The molecule has 1 aliphatic rings. The second-order valence-electron chi connectivity index (χ2n) is 4.16. The van der Waals surface area contributed by atoms with Gasteiger partial charge in [0.2, 0.25) is 0 Å². The van der Waals surface area contributed by atoms with Crippen LogP contribution in [-0.4, -0.2) is 67.8 Å². The van der Waals surface area contributed by atoms with E-state index in [0.29, 0.717) is 0 Å². The van der Waals surface area contributed by atoms with Gasteiger partial charge < -0.3 is 44.4 Å². The van der Waals surface area contributed by atoms with Crippen molar-refractivity contribution in [2.45, 2.75) is 0 Å². The van der Waals surface area contributed by atoms with Gasteiger partial charge in [0, 0.05) is 17.1 Å². The summed E-state index contributed by atoms with van der Waals surface area (Å²) in [6.07, 6.45) is 0. The molecule has 134 valence electrons. The maximum Gasteiger partial charge on any atom is 0.361 e. The number of ether oxygens (including phenoxy) is 2. The zero-order valence-corrected chi connectivity index (χ0v) is 12.8. The first-order valence-electron chi connectivity index (χ1n) is 5.39. The van der Waals surface area contributed by atoms with Crippen LogP contribution in [-0.2, 0) is 45.7 Å². The fraction of sp³-hybridized carbons (Fsp3) is 0.600. The van der Waals surface area contributed by atoms with E-state index in [-0.39, 0.29) is 45.4 Å². The van der Waals surface area contributed by atoms with Gasteiger partial charge in [-0.1, -0.05) is 0 Å². The van der Waals surface area contributed by atoms with Gasteiger partial charge in [-0.3, -0.25) is 4.48 Å². The summed E-state index contributed by atoms with van der Waals surface area (Å²) in [6.45, 7) is -3.17. The summed E-state index contributed by atoms with van der Waals surface area (Å²) in [5.74, 6) is -4.83. The number of aliphatic carboxylic acids is 2. The molecule has 0 aliphatic carbocycles. The largest absolute Gasteiger partial charge is 1.00 e. The van der Waals surface area contributed by atoms with Crippen molar-refractivity contribution in [3.63, 3.8) is 0 Å². The molecule has 0 aromatic heterocycles. The topological polar surface area (TPSA) is 203 Å². The minimum atomic E-state index is -1.60. The van der Waals surface area contributed by atoms with Gasteiger partial charge in [0.05, 0.1) is 11.9 Å². The molecule has 0 bridgehead atoms. The Balaban J connectivity index is -0.000000241. The third-order valence-corrected chi connectivity index (χ3v) is 2.47. The predicted molar refractivity (Wildman–Crippen MR) is 63.9 cm³/mol. The van der Waals surface area contributed by atoms with Gasteiger partial charge in [-0.25, -0.2) is 9.59 Å². The molecule has 1 saturated heterocycles. The molecule has 0 aromatic rings. The molecule has 1 aliphatic heterocycles. The van der Waals surface area contributed by atoms with Gasteiger partial charge >= 0.3 is 11.9 Å². The van der Waals surface area contributed by atoms with Crippen LogP contribution in [0.15, 0.2) is 0 Å². The van der Waals surface area contributed by atoms with Crippen molar-refractivity contribution in [2.75, 3.05) is 39.4 Å². The Hall–Kier alpha value is -1.72. The Morgan fingerprint density at radius 2 is 1.27 bits per heavy atom. The molecule has 12 heteroatoms. The number of rotatable bonds is 4. The summed E-state index contributed by atoms with van der Waals surface area (Å²) >= 11 is 0. The van der Waals surface area contributed by atoms with Crippen molar-refractivity contribution in [3.05, 3.63) is 0 Å². The number of carboxylic acids is 2. The summed E-state index contributed by atoms with van der Waals surface area (Å²) in [4.78, 5) is 44.3. The van der Waals surface area contributed by atoms with Crippen LogP contribution in [0, 0.1) is 0 Å². The number of nitrogens with zero attached hydrogens (tertiary/aromatic N) is 1. The maximum atomic E-state index is 11.4. The summed E-state index contributed by atoms with van der Waals surface area (Å²) in [6, 6.07) is 0. The van der Waals surface area contributed by atoms with Crippen LogP contribution in [0.4, 0.5) is 0 Å². The molecule has 0 radical (unpaired) electrons. The van der Waals surface area contributed by atoms with E-state index in [4.69, 9.17) is 0 Å². The number of hydrogen-bond acceptors (Lipinski definition) is 10. The van der Waals surface area contributed by atoms with Crippen LogP contribution >= 0.6 is 0 Å². The van der Waals surface area contributed by atoms with Crippen LogP contribution < -0.4 is 22.5 Å². The van der Waals surface area contributed by atoms with Crippen molar-refractivity contribution in [1.82, 2.24) is 12.3 Å². The van der Waals surface area contributed by atoms with Gasteiger partial charge in [-0.05, 0) is 0 Å². The van der Waals surface area contributed by atoms with Crippen molar-refractivity contribution in [3.8, 4) is 0 Å². The predicted octanol–water partition coefficient (Wildman–Crippen LogP) is -4.05. The molecule has 22 heavy (non-hydrogen) atoms. The van der Waals surface area contributed by atoms with Crippen LogP contribution in [0.3, 0.4) is 0 Å². The Morgan fingerprint density at radius 3 is 1.55 bits per heavy atom. The van der Waals surface area contributed by atoms with Crippen molar-refractivity contribution < 1.29 is 63.3 Å². The monoisotopic (exact) mass is 366 g/mol. The third-order valence-electron chi connectivity index (χ3n) is 2.47. The van der Waals surface area contributed by atoms with Crippen LogP contribution in [0.25, 0.3) is 0 Å². The first-order chi connectivity index (χ1) is 8.83.